The molecule has 2 fully saturated rings. The van der Waals surface area contributed by atoms with Gasteiger partial charge in [-0.2, -0.15) is 0 Å². The molecule has 1 amide bonds. The van der Waals surface area contributed by atoms with Crippen molar-refractivity contribution in [2.75, 3.05) is 63.0 Å². The summed E-state index contributed by atoms with van der Waals surface area (Å²) in [6.07, 6.45) is -0.121. The van der Waals surface area contributed by atoms with Crippen LogP contribution >= 0.6 is 0 Å². The molecule has 3 heterocycles. The van der Waals surface area contributed by atoms with Crippen LogP contribution < -0.4 is 9.80 Å². The molecular weight excluding hydrogens is 385 g/mol. The number of aromatic nitrogens is 1. The van der Waals surface area contributed by atoms with Gasteiger partial charge in [0.1, 0.15) is 0 Å². The van der Waals surface area contributed by atoms with Gasteiger partial charge in [-0.25, -0.2) is 4.39 Å². The lowest BCUT2D eigenvalue weighted by Crippen LogP contribution is -2.42. The smallest absolute Gasteiger partial charge is 0.215 e. The molecule has 0 spiro atoms. The summed E-state index contributed by atoms with van der Waals surface area (Å²) in [5.41, 5.74) is 0.889. The van der Waals surface area contributed by atoms with E-state index in [1.54, 1.807) is 6.07 Å². The fraction of sp³-hybridized carbons (Fsp3) is 0.579. The van der Waals surface area contributed by atoms with Crippen LogP contribution in [-0.4, -0.2) is 70.8 Å². The number of nitrogens with zero attached hydrogens (tertiary/aromatic N) is 3. The van der Waals surface area contributed by atoms with Gasteiger partial charge >= 0.3 is 0 Å². The van der Waals surface area contributed by atoms with Gasteiger partial charge in [-0.3, -0.25) is 9.69 Å². The Kier molecular flexibility index (Phi) is 5.95. The molecule has 1 aromatic heterocycles. The number of amides is 1. The van der Waals surface area contributed by atoms with Crippen molar-refractivity contribution >= 4 is 28.9 Å². The Morgan fingerprint density at radius 1 is 1.34 bits per heavy atom. The summed E-state index contributed by atoms with van der Waals surface area (Å²) >= 11 is 0. The molecule has 1 aromatic carbocycles. The van der Waals surface area contributed by atoms with Crippen molar-refractivity contribution in [2.45, 2.75) is 19.3 Å². The zero-order chi connectivity index (χ0) is 20.4. The molecule has 0 aliphatic carbocycles. The highest BCUT2D eigenvalue weighted by Gasteiger charge is 2.32. The van der Waals surface area contributed by atoms with E-state index in [2.05, 4.69) is 5.16 Å². The van der Waals surface area contributed by atoms with Crippen molar-refractivity contribution in [3.8, 4) is 0 Å². The van der Waals surface area contributed by atoms with Crippen LogP contribution in [0.5, 0.6) is 0 Å². The Morgan fingerprint density at radius 2 is 2.14 bits per heavy atom. The van der Waals surface area contributed by atoms with E-state index in [1.807, 2.05) is 11.8 Å². The monoisotopic (exact) mass is 409 g/mol. The van der Waals surface area contributed by atoms with E-state index < -0.39 is 12.1 Å². The van der Waals surface area contributed by atoms with E-state index in [-0.39, 0.29) is 24.0 Å². The third kappa shape index (κ3) is 3.80. The Labute approximate surface area is 167 Å². The van der Waals surface area contributed by atoms with Crippen molar-refractivity contribution in [3.63, 3.8) is 0 Å². The minimum absolute atomic E-state index is 0.0137. The summed E-state index contributed by atoms with van der Waals surface area (Å²) in [7, 11) is 1.53. The quantitative estimate of drug-likeness (QED) is 0.641. The molecule has 0 bridgehead atoms. The van der Waals surface area contributed by atoms with Gasteiger partial charge in [0.2, 0.25) is 12.0 Å². The predicted octanol–water partition coefficient (Wildman–Crippen LogP) is 1.85. The van der Waals surface area contributed by atoms with Gasteiger partial charge in [0.25, 0.3) is 0 Å². The Bertz CT molecular complexity index is 869. The molecule has 0 radical (unpaired) electrons. The van der Waals surface area contributed by atoms with E-state index in [0.717, 1.165) is 0 Å². The number of carbonyl (C=O) groups excluding carboxylic acids is 1. The highest BCUT2D eigenvalue weighted by Crippen LogP contribution is 2.41. The van der Waals surface area contributed by atoms with Gasteiger partial charge in [0.15, 0.2) is 17.9 Å². The first kappa shape index (κ1) is 20.0. The van der Waals surface area contributed by atoms with Crippen molar-refractivity contribution in [2.24, 2.45) is 0 Å². The number of carbonyl (C=O) groups is 1. The van der Waals surface area contributed by atoms with Crippen LogP contribution in [-0.2, 0) is 23.7 Å². The Balaban J connectivity index is 1.83. The second-order valence-corrected chi connectivity index (χ2v) is 7.00. The minimum atomic E-state index is -0.701. The second kappa shape index (κ2) is 8.62. The number of methoxy groups -OCH3 is 1. The standard InChI is InChI=1S/C19H24FN3O6/c1-12-10-22(4-6-26-12)16-13(19-27-7-8-28-19)9-14-17(15(16)20)29-21-18(14)23(11-24)3-5-25-2/h9,11-12,19H,3-8,10H2,1-2H3. The summed E-state index contributed by atoms with van der Waals surface area (Å²) in [6.45, 7) is 4.90. The fourth-order valence-electron chi connectivity index (χ4n) is 3.70. The van der Waals surface area contributed by atoms with Crippen LogP contribution in [0.1, 0.15) is 18.8 Å². The van der Waals surface area contributed by atoms with Crippen LogP contribution in [0.4, 0.5) is 15.9 Å². The number of rotatable bonds is 7. The summed E-state index contributed by atoms with van der Waals surface area (Å²) in [5, 5.41) is 4.33. The molecule has 4 rings (SSSR count). The van der Waals surface area contributed by atoms with Crippen molar-refractivity contribution in [1.29, 1.82) is 0 Å². The number of benzene rings is 1. The van der Waals surface area contributed by atoms with Gasteiger partial charge in [0.05, 0.1) is 50.1 Å². The molecule has 0 N–H and O–H groups in total. The lowest BCUT2D eigenvalue weighted by molar-refractivity contribution is -0.107. The maximum absolute atomic E-state index is 15.7. The SMILES string of the molecule is COCCN(C=O)c1noc2c(F)c(N3CCOC(C)C3)c(C3OCCO3)cc12. The molecule has 1 unspecified atom stereocenters. The van der Waals surface area contributed by atoms with Crippen molar-refractivity contribution < 1.29 is 32.7 Å². The summed E-state index contributed by atoms with van der Waals surface area (Å²) in [5.74, 6) is -0.325. The van der Waals surface area contributed by atoms with Crippen molar-refractivity contribution in [1.82, 2.24) is 5.16 Å². The van der Waals surface area contributed by atoms with E-state index in [0.29, 0.717) is 62.6 Å². The van der Waals surface area contributed by atoms with Gasteiger partial charge in [-0.15, -0.1) is 0 Å². The second-order valence-electron chi connectivity index (χ2n) is 7.00. The lowest BCUT2D eigenvalue weighted by Gasteiger charge is -2.34. The van der Waals surface area contributed by atoms with Crippen LogP contribution in [0.25, 0.3) is 11.0 Å². The van der Waals surface area contributed by atoms with E-state index in [4.69, 9.17) is 23.5 Å². The summed E-state index contributed by atoms with van der Waals surface area (Å²) in [4.78, 5) is 14.8. The predicted molar refractivity (Wildman–Crippen MR) is 102 cm³/mol. The van der Waals surface area contributed by atoms with Gasteiger partial charge in [0, 0.05) is 25.8 Å². The first-order valence-electron chi connectivity index (χ1n) is 9.56. The number of hydrogen-bond donors (Lipinski definition) is 0. The maximum atomic E-state index is 15.7. The zero-order valence-corrected chi connectivity index (χ0v) is 16.4. The molecule has 1 atom stereocenters. The van der Waals surface area contributed by atoms with Crippen LogP contribution in [0.2, 0.25) is 0 Å². The Morgan fingerprint density at radius 3 is 2.83 bits per heavy atom. The van der Waals surface area contributed by atoms with E-state index >= 15 is 4.39 Å². The molecule has 2 saturated heterocycles. The lowest BCUT2D eigenvalue weighted by atomic mass is 10.1. The van der Waals surface area contributed by atoms with Gasteiger partial charge in [-0.05, 0) is 13.0 Å². The number of morpholine rings is 1. The topological polar surface area (TPSA) is 86.5 Å². The normalized spacial score (nSPS) is 20.5. The minimum Gasteiger partial charge on any atom is -0.383 e. The molecule has 158 valence electrons. The number of hydrogen-bond acceptors (Lipinski definition) is 8. The largest absolute Gasteiger partial charge is 0.383 e. The Hall–Kier alpha value is -2.27. The first-order chi connectivity index (χ1) is 14.1. The first-order valence-corrected chi connectivity index (χ1v) is 9.56. The maximum Gasteiger partial charge on any atom is 0.215 e. The molecular formula is C19H24FN3O6. The molecule has 2 aliphatic rings. The molecule has 29 heavy (non-hydrogen) atoms. The third-order valence-corrected chi connectivity index (χ3v) is 5.06. The summed E-state index contributed by atoms with van der Waals surface area (Å²) in [6, 6.07) is 1.74. The number of ether oxygens (including phenoxy) is 4. The average Bonchev–Trinajstić information content (AvgIpc) is 3.39. The molecule has 2 aromatic rings. The van der Waals surface area contributed by atoms with Crippen LogP contribution in [0, 0.1) is 5.82 Å². The van der Waals surface area contributed by atoms with E-state index in [9.17, 15) is 4.79 Å². The fourth-order valence-corrected chi connectivity index (χ4v) is 3.70. The molecule has 0 saturated carbocycles. The van der Waals surface area contributed by atoms with Crippen LogP contribution in [0.3, 0.4) is 0 Å². The number of halogens is 1. The van der Waals surface area contributed by atoms with Crippen molar-refractivity contribution in [3.05, 3.63) is 17.4 Å². The van der Waals surface area contributed by atoms with Gasteiger partial charge in [-0.1, -0.05) is 5.16 Å². The molecule has 10 heteroatoms. The number of anilines is 2. The number of fused-ring (bicyclic) bond motifs is 1. The molecule has 9 nitrogen and oxygen atoms in total. The molecule has 2 aliphatic heterocycles. The van der Waals surface area contributed by atoms with E-state index in [1.165, 1.54) is 12.0 Å². The highest BCUT2D eigenvalue weighted by atomic mass is 19.1. The van der Waals surface area contributed by atoms with Gasteiger partial charge < -0.3 is 28.4 Å². The third-order valence-electron chi connectivity index (χ3n) is 5.06. The highest BCUT2D eigenvalue weighted by molar-refractivity contribution is 5.96. The zero-order valence-electron chi connectivity index (χ0n) is 16.4. The van der Waals surface area contributed by atoms with Crippen LogP contribution in [0.15, 0.2) is 10.6 Å². The summed E-state index contributed by atoms with van der Waals surface area (Å²) < 4.78 is 42.9. The average molecular weight is 409 g/mol.